The minimum absolute atomic E-state index is 0.561. The van der Waals surface area contributed by atoms with Crippen LogP contribution in [0.15, 0.2) is 48.5 Å². The lowest BCUT2D eigenvalue weighted by Gasteiger charge is -2.08. The summed E-state index contributed by atoms with van der Waals surface area (Å²) >= 11 is 0. The Labute approximate surface area is 114 Å². The van der Waals surface area contributed by atoms with Crippen molar-refractivity contribution in [3.8, 4) is 11.5 Å². The van der Waals surface area contributed by atoms with Gasteiger partial charge in [-0.15, -0.1) is 0 Å². The van der Waals surface area contributed by atoms with E-state index in [0.717, 1.165) is 22.7 Å². The van der Waals surface area contributed by atoms with Crippen LogP contribution in [0.4, 0.5) is 5.69 Å². The summed E-state index contributed by atoms with van der Waals surface area (Å²) in [7, 11) is 1.90. The van der Waals surface area contributed by atoms with Crippen molar-refractivity contribution in [1.82, 2.24) is 0 Å². The van der Waals surface area contributed by atoms with Crippen molar-refractivity contribution in [1.29, 1.82) is 0 Å². The topological polar surface area (TPSA) is 30.5 Å². The first kappa shape index (κ1) is 13.3. The summed E-state index contributed by atoms with van der Waals surface area (Å²) in [5.41, 5.74) is 2.20. The molecule has 0 bridgehead atoms. The number of nitrogens with one attached hydrogen (secondary N) is 1. The first-order valence-corrected chi connectivity index (χ1v) is 6.44. The van der Waals surface area contributed by atoms with Gasteiger partial charge in [0.1, 0.15) is 18.1 Å². The quantitative estimate of drug-likeness (QED) is 0.855. The average molecular weight is 257 g/mol. The molecule has 2 rings (SSSR count). The molecule has 100 valence electrons. The van der Waals surface area contributed by atoms with Crippen LogP contribution >= 0.6 is 0 Å². The Bertz CT molecular complexity index is 491. The van der Waals surface area contributed by atoms with Gasteiger partial charge in [-0.3, -0.25) is 0 Å². The molecule has 0 amide bonds. The van der Waals surface area contributed by atoms with E-state index in [4.69, 9.17) is 9.47 Å². The fourth-order valence-corrected chi connectivity index (χ4v) is 1.73. The van der Waals surface area contributed by atoms with Gasteiger partial charge in [0.05, 0.1) is 6.61 Å². The lowest BCUT2D eigenvalue weighted by molar-refractivity contribution is 0.305. The first-order chi connectivity index (χ1) is 9.31. The van der Waals surface area contributed by atoms with Gasteiger partial charge in [-0.2, -0.15) is 0 Å². The van der Waals surface area contributed by atoms with Crippen LogP contribution in [0.2, 0.25) is 0 Å². The monoisotopic (exact) mass is 257 g/mol. The molecule has 3 nitrogen and oxygen atoms in total. The predicted molar refractivity (Wildman–Crippen MR) is 77.9 cm³/mol. The third-order valence-corrected chi connectivity index (χ3v) is 2.78. The van der Waals surface area contributed by atoms with E-state index in [-0.39, 0.29) is 0 Å². The second kappa shape index (κ2) is 6.69. The van der Waals surface area contributed by atoms with E-state index < -0.39 is 0 Å². The minimum Gasteiger partial charge on any atom is -0.494 e. The molecule has 1 N–H and O–H groups in total. The fraction of sp³-hybridized carbons (Fsp3) is 0.250. The molecule has 0 aliphatic carbocycles. The van der Waals surface area contributed by atoms with E-state index in [0.29, 0.717) is 13.2 Å². The Hall–Kier alpha value is -2.16. The molecule has 19 heavy (non-hydrogen) atoms. The van der Waals surface area contributed by atoms with E-state index in [1.54, 1.807) is 0 Å². The zero-order chi connectivity index (χ0) is 13.5. The zero-order valence-corrected chi connectivity index (χ0v) is 11.3. The number of anilines is 1. The standard InChI is InChI=1S/C16H19NO2/c1-3-18-15-8-4-13(5-9-15)12-19-16-10-6-14(17-2)7-11-16/h4-11,17H,3,12H2,1-2H3. The molecular formula is C16H19NO2. The van der Waals surface area contributed by atoms with Crippen molar-refractivity contribution in [2.45, 2.75) is 13.5 Å². The fourth-order valence-electron chi connectivity index (χ4n) is 1.73. The lowest BCUT2D eigenvalue weighted by atomic mass is 10.2. The summed E-state index contributed by atoms with van der Waals surface area (Å²) in [5, 5.41) is 3.08. The van der Waals surface area contributed by atoms with Crippen LogP contribution in [0, 0.1) is 0 Å². The number of hydrogen-bond acceptors (Lipinski definition) is 3. The first-order valence-electron chi connectivity index (χ1n) is 6.44. The molecule has 0 heterocycles. The molecule has 0 aliphatic heterocycles. The van der Waals surface area contributed by atoms with Crippen molar-refractivity contribution in [3.63, 3.8) is 0 Å². The van der Waals surface area contributed by atoms with Gasteiger partial charge in [-0.25, -0.2) is 0 Å². The highest BCUT2D eigenvalue weighted by Crippen LogP contribution is 2.18. The Balaban J connectivity index is 1.90. The highest BCUT2D eigenvalue weighted by Gasteiger charge is 1.98. The number of hydrogen-bond donors (Lipinski definition) is 1. The Morgan fingerprint density at radius 1 is 0.842 bits per heavy atom. The summed E-state index contributed by atoms with van der Waals surface area (Å²) in [6, 6.07) is 15.9. The van der Waals surface area contributed by atoms with E-state index in [1.807, 2.05) is 62.5 Å². The van der Waals surface area contributed by atoms with Crippen LogP contribution in [-0.2, 0) is 6.61 Å². The van der Waals surface area contributed by atoms with Crippen LogP contribution in [-0.4, -0.2) is 13.7 Å². The van der Waals surface area contributed by atoms with E-state index >= 15 is 0 Å². The van der Waals surface area contributed by atoms with Gasteiger partial charge in [-0.05, 0) is 48.9 Å². The molecule has 0 unspecified atom stereocenters. The molecule has 0 radical (unpaired) electrons. The van der Waals surface area contributed by atoms with Crippen molar-refractivity contribution >= 4 is 5.69 Å². The van der Waals surface area contributed by atoms with Crippen molar-refractivity contribution in [2.75, 3.05) is 19.0 Å². The van der Waals surface area contributed by atoms with Crippen LogP contribution in [0.1, 0.15) is 12.5 Å². The molecule has 0 aliphatic rings. The smallest absolute Gasteiger partial charge is 0.119 e. The average Bonchev–Trinajstić information content (AvgIpc) is 2.47. The molecule has 2 aromatic rings. The summed E-state index contributed by atoms with van der Waals surface area (Å²) in [5.74, 6) is 1.76. The maximum atomic E-state index is 5.72. The van der Waals surface area contributed by atoms with E-state index in [1.165, 1.54) is 0 Å². The van der Waals surface area contributed by atoms with Gasteiger partial charge in [0.25, 0.3) is 0 Å². The summed E-state index contributed by atoms with van der Waals surface area (Å²) in [4.78, 5) is 0. The van der Waals surface area contributed by atoms with Crippen LogP contribution in [0.3, 0.4) is 0 Å². The second-order valence-electron chi connectivity index (χ2n) is 4.14. The third kappa shape index (κ3) is 3.91. The van der Waals surface area contributed by atoms with Crippen LogP contribution in [0.25, 0.3) is 0 Å². The largest absolute Gasteiger partial charge is 0.494 e. The van der Waals surface area contributed by atoms with Gasteiger partial charge in [0.2, 0.25) is 0 Å². The maximum Gasteiger partial charge on any atom is 0.119 e. The normalized spacial score (nSPS) is 10.0. The van der Waals surface area contributed by atoms with Crippen molar-refractivity contribution < 1.29 is 9.47 Å². The maximum absolute atomic E-state index is 5.72. The van der Waals surface area contributed by atoms with E-state index in [9.17, 15) is 0 Å². The Kier molecular flexibility index (Phi) is 4.67. The SMILES string of the molecule is CCOc1ccc(COc2ccc(NC)cc2)cc1. The lowest BCUT2D eigenvalue weighted by Crippen LogP contribution is -1.96. The van der Waals surface area contributed by atoms with Crippen molar-refractivity contribution in [2.24, 2.45) is 0 Å². The summed E-state index contributed by atoms with van der Waals surface area (Å²) in [6.07, 6.45) is 0. The van der Waals surface area contributed by atoms with Crippen LogP contribution in [0.5, 0.6) is 11.5 Å². The number of ether oxygens (including phenoxy) is 2. The highest BCUT2D eigenvalue weighted by molar-refractivity contribution is 5.45. The molecule has 2 aromatic carbocycles. The molecule has 0 aromatic heterocycles. The molecule has 0 spiro atoms. The molecule has 0 saturated heterocycles. The van der Waals surface area contributed by atoms with E-state index in [2.05, 4.69) is 5.32 Å². The van der Waals surface area contributed by atoms with Crippen molar-refractivity contribution in [3.05, 3.63) is 54.1 Å². The summed E-state index contributed by atoms with van der Waals surface area (Å²) in [6.45, 7) is 3.23. The van der Waals surface area contributed by atoms with Gasteiger partial charge in [0, 0.05) is 12.7 Å². The zero-order valence-electron chi connectivity index (χ0n) is 11.3. The van der Waals surface area contributed by atoms with Gasteiger partial charge in [-0.1, -0.05) is 12.1 Å². The number of rotatable bonds is 6. The molecule has 3 heteroatoms. The van der Waals surface area contributed by atoms with Gasteiger partial charge < -0.3 is 14.8 Å². The Morgan fingerprint density at radius 3 is 2.00 bits per heavy atom. The summed E-state index contributed by atoms with van der Waals surface area (Å²) < 4.78 is 11.1. The third-order valence-electron chi connectivity index (χ3n) is 2.78. The molecular weight excluding hydrogens is 238 g/mol. The number of benzene rings is 2. The molecule has 0 atom stereocenters. The second-order valence-corrected chi connectivity index (χ2v) is 4.14. The van der Waals surface area contributed by atoms with Crippen LogP contribution < -0.4 is 14.8 Å². The molecule has 0 fully saturated rings. The predicted octanol–water partition coefficient (Wildman–Crippen LogP) is 3.71. The Morgan fingerprint density at radius 2 is 1.42 bits per heavy atom. The minimum atomic E-state index is 0.561. The molecule has 0 saturated carbocycles. The van der Waals surface area contributed by atoms with Gasteiger partial charge >= 0.3 is 0 Å². The van der Waals surface area contributed by atoms with Gasteiger partial charge in [0.15, 0.2) is 0 Å². The highest BCUT2D eigenvalue weighted by atomic mass is 16.5.